The Morgan fingerprint density at radius 3 is 2.67 bits per heavy atom. The van der Waals surface area contributed by atoms with Gasteiger partial charge in [-0.1, -0.05) is 5.92 Å². The molecule has 4 nitrogen and oxygen atoms in total. The first-order chi connectivity index (χ1) is 4.16. The molecule has 0 aliphatic heterocycles. The van der Waals surface area contributed by atoms with Crippen LogP contribution in [-0.2, 0) is 4.79 Å². The van der Waals surface area contributed by atoms with Crippen molar-refractivity contribution in [2.24, 2.45) is 11.5 Å². The van der Waals surface area contributed by atoms with E-state index in [2.05, 4.69) is 5.92 Å². The number of carbonyl (C=O) groups is 1. The third kappa shape index (κ3) is 4.65. The minimum Gasteiger partial charge on any atom is -0.481 e. The summed E-state index contributed by atoms with van der Waals surface area (Å²) in [6, 6.07) is 1.39. The minimum atomic E-state index is -0.967. The molecule has 1 unspecified atom stereocenters. The van der Waals surface area contributed by atoms with Crippen LogP contribution in [0.3, 0.4) is 0 Å². The fourth-order valence-electron chi connectivity index (χ4n) is 0.346. The Bertz CT molecular complexity index is 156. The van der Waals surface area contributed by atoms with Gasteiger partial charge in [-0.25, -0.2) is 0 Å². The first-order valence-electron chi connectivity index (χ1n) is 2.35. The molecule has 0 rings (SSSR count). The second-order valence-electron chi connectivity index (χ2n) is 1.49. The number of carboxylic acid groups (broad SMARTS) is 1. The molecule has 0 radical (unpaired) electrons. The quantitative estimate of drug-likeness (QED) is 0.319. The van der Waals surface area contributed by atoms with Crippen LogP contribution in [0.2, 0.25) is 0 Å². The molecule has 0 aromatic rings. The molecule has 0 amide bonds. The number of nitrogens with two attached hydrogens (primary N) is 2. The van der Waals surface area contributed by atoms with Gasteiger partial charge in [0.15, 0.2) is 0 Å². The van der Waals surface area contributed by atoms with E-state index in [-0.39, 0.29) is 6.42 Å². The summed E-state index contributed by atoms with van der Waals surface area (Å²) < 4.78 is 0. The molecule has 0 saturated heterocycles. The van der Waals surface area contributed by atoms with Crippen molar-refractivity contribution in [1.82, 2.24) is 0 Å². The largest absolute Gasteiger partial charge is 0.481 e. The third-order valence-corrected chi connectivity index (χ3v) is 0.663. The smallest absolute Gasteiger partial charge is 0.305 e. The highest BCUT2D eigenvalue weighted by Gasteiger charge is 2.02. The van der Waals surface area contributed by atoms with Crippen molar-refractivity contribution < 1.29 is 9.90 Å². The fraction of sp³-hybridized carbons (Fsp3) is 0.400. The van der Waals surface area contributed by atoms with Crippen LogP contribution in [0.4, 0.5) is 0 Å². The topological polar surface area (TPSA) is 89.3 Å². The molecule has 0 fully saturated rings. The van der Waals surface area contributed by atoms with E-state index >= 15 is 0 Å². The zero-order valence-corrected chi connectivity index (χ0v) is 4.79. The fourth-order valence-corrected chi connectivity index (χ4v) is 0.346. The molecular weight excluding hydrogens is 120 g/mol. The number of rotatable bonds is 2. The molecule has 0 aromatic heterocycles. The van der Waals surface area contributed by atoms with Gasteiger partial charge in [0.2, 0.25) is 0 Å². The SMILES string of the molecule is NC#CC(N)CC(=O)O. The van der Waals surface area contributed by atoms with Crippen LogP contribution < -0.4 is 11.5 Å². The zero-order chi connectivity index (χ0) is 7.28. The molecule has 0 aromatic carbocycles. The zero-order valence-electron chi connectivity index (χ0n) is 4.79. The summed E-state index contributed by atoms with van der Waals surface area (Å²) in [5, 5.41) is 8.12. The Hall–Kier alpha value is -1.21. The maximum absolute atomic E-state index is 9.90. The van der Waals surface area contributed by atoms with Gasteiger partial charge in [0.1, 0.15) is 0 Å². The van der Waals surface area contributed by atoms with Crippen molar-refractivity contribution in [3.05, 3.63) is 0 Å². The highest BCUT2D eigenvalue weighted by atomic mass is 16.4. The highest BCUT2D eigenvalue weighted by molar-refractivity contribution is 5.68. The average molecular weight is 128 g/mol. The summed E-state index contributed by atoms with van der Waals surface area (Å²) in [6.07, 6.45) is -0.163. The molecular formula is C5H8N2O2. The summed E-state index contributed by atoms with van der Waals surface area (Å²) in [5.74, 6) is 1.33. The highest BCUT2D eigenvalue weighted by Crippen LogP contribution is 1.83. The maximum Gasteiger partial charge on any atom is 0.305 e. The summed E-state index contributed by atoms with van der Waals surface area (Å²) in [7, 11) is 0. The van der Waals surface area contributed by atoms with E-state index in [1.165, 1.54) is 0 Å². The van der Waals surface area contributed by atoms with E-state index in [0.29, 0.717) is 0 Å². The van der Waals surface area contributed by atoms with Crippen molar-refractivity contribution in [3.63, 3.8) is 0 Å². The van der Waals surface area contributed by atoms with Crippen LogP contribution in [-0.4, -0.2) is 17.1 Å². The summed E-state index contributed by atoms with van der Waals surface area (Å²) >= 11 is 0. The number of carboxylic acids is 1. The Labute approximate surface area is 52.8 Å². The van der Waals surface area contributed by atoms with Gasteiger partial charge < -0.3 is 16.6 Å². The van der Waals surface area contributed by atoms with Gasteiger partial charge in [0.25, 0.3) is 0 Å². The molecule has 50 valence electrons. The molecule has 0 heterocycles. The lowest BCUT2D eigenvalue weighted by molar-refractivity contribution is -0.137. The number of hydrogen-bond donors (Lipinski definition) is 3. The summed E-state index contributed by atoms with van der Waals surface area (Å²) in [5.41, 5.74) is 9.92. The number of hydrogen-bond acceptors (Lipinski definition) is 3. The van der Waals surface area contributed by atoms with Gasteiger partial charge in [-0.05, 0) is 0 Å². The van der Waals surface area contributed by atoms with E-state index in [9.17, 15) is 4.79 Å². The first-order valence-corrected chi connectivity index (χ1v) is 2.35. The lowest BCUT2D eigenvalue weighted by Gasteiger charge is -1.95. The maximum atomic E-state index is 9.90. The van der Waals surface area contributed by atoms with Crippen molar-refractivity contribution in [1.29, 1.82) is 0 Å². The summed E-state index contributed by atoms with van der Waals surface area (Å²) in [6.45, 7) is 0. The van der Waals surface area contributed by atoms with E-state index in [0.717, 1.165) is 0 Å². The van der Waals surface area contributed by atoms with Crippen LogP contribution >= 0.6 is 0 Å². The van der Waals surface area contributed by atoms with E-state index in [1.54, 1.807) is 0 Å². The van der Waals surface area contributed by atoms with Gasteiger partial charge in [-0.2, -0.15) is 0 Å². The molecule has 1 atom stereocenters. The lowest BCUT2D eigenvalue weighted by atomic mass is 10.2. The van der Waals surface area contributed by atoms with Crippen molar-refractivity contribution in [2.75, 3.05) is 0 Å². The van der Waals surface area contributed by atoms with Crippen LogP contribution in [0.25, 0.3) is 0 Å². The van der Waals surface area contributed by atoms with E-state index < -0.39 is 12.0 Å². The van der Waals surface area contributed by atoms with Gasteiger partial charge in [0, 0.05) is 6.04 Å². The molecule has 0 aliphatic rings. The Morgan fingerprint density at radius 2 is 2.33 bits per heavy atom. The normalized spacial score (nSPS) is 11.2. The third-order valence-electron chi connectivity index (χ3n) is 0.663. The molecule has 0 spiro atoms. The van der Waals surface area contributed by atoms with Crippen molar-refractivity contribution >= 4 is 5.97 Å². The van der Waals surface area contributed by atoms with Gasteiger partial charge >= 0.3 is 5.97 Å². The molecule has 5 N–H and O–H groups in total. The Morgan fingerprint density at radius 1 is 1.78 bits per heavy atom. The monoisotopic (exact) mass is 128 g/mol. The molecule has 4 heteroatoms. The Kier molecular flexibility index (Phi) is 3.25. The van der Waals surface area contributed by atoms with E-state index in [1.807, 2.05) is 6.04 Å². The standard InChI is InChI=1S/C5H8N2O2/c6-2-1-4(7)3-5(8)9/h4H,3,6-7H2,(H,8,9). The van der Waals surface area contributed by atoms with Crippen molar-refractivity contribution in [3.8, 4) is 12.0 Å². The van der Waals surface area contributed by atoms with E-state index in [4.69, 9.17) is 16.6 Å². The first kappa shape index (κ1) is 7.79. The summed E-state index contributed by atoms with van der Waals surface area (Å²) in [4.78, 5) is 9.90. The Balaban J connectivity index is 3.59. The van der Waals surface area contributed by atoms with Gasteiger partial charge in [-0.3, -0.25) is 4.79 Å². The van der Waals surface area contributed by atoms with Crippen LogP contribution in [0.15, 0.2) is 0 Å². The second-order valence-corrected chi connectivity index (χ2v) is 1.49. The predicted molar refractivity (Wildman–Crippen MR) is 32.2 cm³/mol. The van der Waals surface area contributed by atoms with Crippen LogP contribution in [0.5, 0.6) is 0 Å². The molecule has 0 aliphatic carbocycles. The lowest BCUT2D eigenvalue weighted by Crippen LogP contribution is -2.21. The number of aliphatic carboxylic acids is 1. The average Bonchev–Trinajstić information content (AvgIpc) is 1.63. The van der Waals surface area contributed by atoms with Crippen molar-refractivity contribution in [2.45, 2.75) is 12.5 Å². The molecule has 0 bridgehead atoms. The molecule has 9 heavy (non-hydrogen) atoms. The van der Waals surface area contributed by atoms with Gasteiger partial charge in [-0.15, -0.1) is 0 Å². The molecule has 0 saturated carbocycles. The second kappa shape index (κ2) is 3.75. The van der Waals surface area contributed by atoms with Crippen LogP contribution in [0, 0.1) is 12.0 Å². The predicted octanol–water partition coefficient (Wildman–Crippen LogP) is -1.29. The van der Waals surface area contributed by atoms with Gasteiger partial charge in [0.05, 0.1) is 12.5 Å². The minimum absolute atomic E-state index is 0.163. The van der Waals surface area contributed by atoms with Crippen LogP contribution in [0.1, 0.15) is 6.42 Å².